The van der Waals surface area contributed by atoms with E-state index in [1.165, 1.54) is 93.8 Å². The van der Waals surface area contributed by atoms with Gasteiger partial charge in [-0.25, -0.2) is 19.0 Å². The van der Waals surface area contributed by atoms with Gasteiger partial charge in [0.2, 0.25) is 47.3 Å². The van der Waals surface area contributed by atoms with E-state index in [1.54, 1.807) is 39.8 Å². The number of pyridine rings is 2. The smallest absolute Gasteiger partial charge is 0.407 e. The number of nitrogens with zero attached hydrogens (tertiary/aromatic N) is 8. The molecule has 3 aliphatic heterocycles. The zero-order valence-electron chi connectivity index (χ0n) is 55.2. The first-order chi connectivity index (χ1) is 44.8. The monoisotopic (exact) mass is 1320 g/mol. The Morgan fingerprint density at radius 1 is 0.779 bits per heavy atom. The van der Waals surface area contributed by atoms with Gasteiger partial charge in [0.05, 0.1) is 61.2 Å². The van der Waals surface area contributed by atoms with Gasteiger partial charge in [-0.3, -0.25) is 57.6 Å². The highest BCUT2D eigenvalue weighted by atomic mass is 19.1. The van der Waals surface area contributed by atoms with Gasteiger partial charge in [-0.05, 0) is 97.9 Å². The summed E-state index contributed by atoms with van der Waals surface area (Å²) in [5.41, 5.74) is 1.53. The van der Waals surface area contributed by atoms with E-state index < -0.39 is 114 Å². The molecule has 5 heterocycles. The van der Waals surface area contributed by atoms with Crippen molar-refractivity contribution in [3.8, 4) is 11.4 Å². The van der Waals surface area contributed by atoms with E-state index >= 15 is 4.39 Å². The number of esters is 1. The number of fused-ring (bicyclic) bond motifs is 5. The summed E-state index contributed by atoms with van der Waals surface area (Å²) in [4.78, 5) is 182. The number of unbranched alkanes of at least 4 members (excludes halogenated alkanes) is 2. The van der Waals surface area contributed by atoms with Crippen molar-refractivity contribution >= 4 is 87.7 Å². The fourth-order valence-electron chi connectivity index (χ4n) is 11.8. The van der Waals surface area contributed by atoms with Crippen molar-refractivity contribution in [2.24, 2.45) is 5.92 Å². The molecular weight excluding hydrogens is 1240 g/mol. The topological polar surface area (TPSA) is 346 Å². The van der Waals surface area contributed by atoms with Crippen LogP contribution in [0.25, 0.3) is 22.3 Å². The van der Waals surface area contributed by atoms with Crippen molar-refractivity contribution in [3.63, 3.8) is 0 Å². The SMILES string of the molecule is CC[C@@]1(O)C(=O)OCc2c1cc1n(c2=O)Cc2c-1nc1cc(F)c(C)c3c1c2[C@@H](NC(=O)OCc1ccc(NC(=O)[C@H](C)NC(=O)[C@@H](NC(=O)CCCCCN2C(=O)C=CC2=O)C(C)C)cc1CN(C)C(=O)CN(C)C(=O)CN(C)C(=O)CN(C)C(=O)CN(C)C(C)=O)CC3. The highest BCUT2D eigenvalue weighted by Gasteiger charge is 2.46. The Morgan fingerprint density at radius 2 is 1.40 bits per heavy atom. The van der Waals surface area contributed by atoms with Gasteiger partial charge in [0.1, 0.15) is 31.1 Å². The molecule has 0 spiro atoms. The third-order valence-electron chi connectivity index (χ3n) is 17.8. The summed E-state index contributed by atoms with van der Waals surface area (Å²) in [6.45, 7) is 7.12. The average molecular weight is 1320 g/mol. The van der Waals surface area contributed by atoms with Gasteiger partial charge < -0.3 is 64.9 Å². The van der Waals surface area contributed by atoms with Crippen LogP contribution in [0.1, 0.15) is 124 Å². The summed E-state index contributed by atoms with van der Waals surface area (Å²) in [5.74, 6) is -6.90. The number of hydrogen-bond acceptors (Lipinski definition) is 17. The number of alkyl carbamates (subject to hydrolysis) is 1. The van der Waals surface area contributed by atoms with Gasteiger partial charge in [-0.1, -0.05) is 33.3 Å². The number of benzene rings is 2. The summed E-state index contributed by atoms with van der Waals surface area (Å²) in [6, 6.07) is 4.49. The minimum absolute atomic E-state index is 0.0148. The Labute approximate surface area is 547 Å². The van der Waals surface area contributed by atoms with Crippen molar-refractivity contribution in [1.82, 2.24) is 54.9 Å². The summed E-state index contributed by atoms with van der Waals surface area (Å²) >= 11 is 0. The van der Waals surface area contributed by atoms with Gasteiger partial charge in [0, 0.05) is 102 Å². The van der Waals surface area contributed by atoms with Crippen molar-refractivity contribution in [2.75, 3.05) is 73.3 Å². The molecule has 2 aromatic heterocycles. The lowest BCUT2D eigenvalue weighted by atomic mass is 9.81. The van der Waals surface area contributed by atoms with Gasteiger partial charge in [0.15, 0.2) is 5.60 Å². The number of nitrogens with one attached hydrogen (secondary N) is 4. The molecule has 0 saturated heterocycles. The standard InChI is InChI=1S/C66H81FN12O16/c1-12-66(93)45-25-49-60-43(28-79(49)63(90)44(45)34-94-64(66)91)58-47(20-19-42-36(4)46(67)26-48(70-60)57(42)58)71-65(92)95-33-39-17-18-41(69-61(88)37(5)68-62(89)59(35(2)3)72-50(81)16-14-13-15-23-78-51(82)21-22-52(78)83)24-40(39)27-74(8)54(85)30-76(10)56(87)32-77(11)55(86)31-75(9)53(84)29-73(7)38(6)80/h17-18,21-22,24-26,35,37,47,59,93H,12-16,19-20,23,27-34H2,1-11H3,(H,68,89)(H,69,88)(H,71,92)(H,72,81)/t37-,47-,59-,66-/m0/s1. The molecule has 0 radical (unpaired) electrons. The Hall–Kier alpha value is -9.93. The molecule has 2 aromatic carbocycles. The third kappa shape index (κ3) is 15.7. The average Bonchev–Trinajstić information content (AvgIpc) is 1.62. The second-order valence-corrected chi connectivity index (χ2v) is 25.0. The third-order valence-corrected chi connectivity index (χ3v) is 17.8. The molecular formula is C66H81FN12O16. The Morgan fingerprint density at radius 3 is 2.01 bits per heavy atom. The molecule has 4 aromatic rings. The molecule has 28 nitrogen and oxygen atoms in total. The van der Waals surface area contributed by atoms with Gasteiger partial charge in [0.25, 0.3) is 17.4 Å². The van der Waals surface area contributed by atoms with Crippen LogP contribution in [0.15, 0.2) is 47.3 Å². The largest absolute Gasteiger partial charge is 0.458 e. The molecule has 0 unspecified atom stereocenters. The fourth-order valence-corrected chi connectivity index (χ4v) is 11.8. The fraction of sp³-hybridized carbons (Fsp3) is 0.485. The molecule has 0 fully saturated rings. The van der Waals surface area contributed by atoms with Crippen LogP contribution in [-0.4, -0.2) is 195 Å². The maximum Gasteiger partial charge on any atom is 0.407 e. The van der Waals surface area contributed by atoms with E-state index in [4.69, 9.17) is 14.5 Å². The van der Waals surface area contributed by atoms with Crippen LogP contribution in [0.4, 0.5) is 14.9 Å². The van der Waals surface area contributed by atoms with Crippen LogP contribution in [0.5, 0.6) is 0 Å². The molecule has 0 saturated carbocycles. The summed E-state index contributed by atoms with van der Waals surface area (Å²) < 4.78 is 28.3. The Balaban J connectivity index is 0.975. The highest BCUT2D eigenvalue weighted by molar-refractivity contribution is 6.13. The predicted molar refractivity (Wildman–Crippen MR) is 340 cm³/mol. The minimum atomic E-state index is -2.11. The number of carbonyl (C=O) groups is 12. The number of ether oxygens (including phenoxy) is 2. The van der Waals surface area contributed by atoms with Crippen molar-refractivity contribution in [3.05, 3.63) is 103 Å². The molecule has 1 aliphatic carbocycles. The van der Waals surface area contributed by atoms with E-state index in [0.717, 1.165) is 19.6 Å². The van der Waals surface area contributed by atoms with Gasteiger partial charge in [-0.2, -0.15) is 0 Å². The Bertz CT molecular complexity index is 3910. The van der Waals surface area contributed by atoms with Crippen LogP contribution in [0.2, 0.25) is 0 Å². The molecule has 11 amide bonds. The van der Waals surface area contributed by atoms with Gasteiger partial charge in [-0.15, -0.1) is 0 Å². The molecule has 0 bridgehead atoms. The number of carbonyl (C=O) groups excluding carboxylic acids is 12. The van der Waals surface area contributed by atoms with Crippen molar-refractivity contribution < 1.29 is 76.5 Å². The van der Waals surface area contributed by atoms with E-state index in [2.05, 4.69) is 21.3 Å². The molecule has 508 valence electrons. The van der Waals surface area contributed by atoms with Crippen molar-refractivity contribution in [2.45, 2.75) is 137 Å². The first-order valence-corrected chi connectivity index (χ1v) is 31.3. The number of aromatic nitrogens is 2. The number of likely N-dealkylation sites (N-methyl/N-ethyl adjacent to an activating group) is 5. The van der Waals surface area contributed by atoms with Gasteiger partial charge >= 0.3 is 12.1 Å². The molecule has 95 heavy (non-hydrogen) atoms. The first-order valence-electron chi connectivity index (χ1n) is 31.3. The predicted octanol–water partition coefficient (Wildman–Crippen LogP) is 2.32. The lowest BCUT2D eigenvalue weighted by Gasteiger charge is -2.31. The normalized spacial score (nSPS) is 16.4. The summed E-state index contributed by atoms with van der Waals surface area (Å²) in [6.07, 6.45) is 3.54. The minimum Gasteiger partial charge on any atom is -0.458 e. The molecule has 4 atom stereocenters. The number of anilines is 1. The zero-order chi connectivity index (χ0) is 69.7. The molecule has 4 aliphatic rings. The molecule has 29 heteroatoms. The number of rotatable bonds is 26. The quantitative estimate of drug-likeness (QED) is 0.0301. The zero-order valence-corrected chi connectivity index (χ0v) is 55.2. The lowest BCUT2D eigenvalue weighted by Crippen LogP contribution is -2.53. The number of aliphatic hydroxyl groups is 1. The molecule has 5 N–H and O–H groups in total. The van der Waals surface area contributed by atoms with E-state index in [9.17, 15) is 67.4 Å². The van der Waals surface area contributed by atoms with Crippen LogP contribution in [-0.2, 0) is 101 Å². The van der Waals surface area contributed by atoms with E-state index in [-0.39, 0.29) is 104 Å². The number of halogens is 1. The maximum absolute atomic E-state index is 15.7. The second kappa shape index (κ2) is 29.6. The van der Waals surface area contributed by atoms with Crippen molar-refractivity contribution in [1.29, 1.82) is 0 Å². The number of hydrogen-bond donors (Lipinski definition) is 5. The van der Waals surface area contributed by atoms with Crippen LogP contribution in [0, 0.1) is 18.7 Å². The number of cyclic esters (lactones) is 1. The molecule has 8 rings (SSSR count). The number of imide groups is 1. The highest BCUT2D eigenvalue weighted by Crippen LogP contribution is 2.46. The summed E-state index contributed by atoms with van der Waals surface area (Å²) in [5, 5.41) is 23.3. The first kappa shape index (κ1) is 70.9. The van der Waals surface area contributed by atoms with E-state index in [1.807, 2.05) is 0 Å². The summed E-state index contributed by atoms with van der Waals surface area (Å²) in [7, 11) is 7.01. The van der Waals surface area contributed by atoms with Crippen LogP contribution >= 0.6 is 0 Å². The van der Waals surface area contributed by atoms with Crippen LogP contribution < -0.4 is 26.8 Å². The van der Waals surface area contributed by atoms with E-state index in [0.29, 0.717) is 70.1 Å². The second-order valence-electron chi connectivity index (χ2n) is 25.0. The maximum atomic E-state index is 15.7. The number of aryl methyl sites for hydroxylation is 1. The lowest BCUT2D eigenvalue weighted by molar-refractivity contribution is -0.172. The van der Waals surface area contributed by atoms with Crippen LogP contribution in [0.3, 0.4) is 0 Å². The number of amides is 11. The Kier molecular flexibility index (Phi) is 22.1.